The van der Waals surface area contributed by atoms with E-state index in [9.17, 15) is 8.42 Å². The van der Waals surface area contributed by atoms with Gasteiger partial charge in [0.15, 0.2) is 0 Å². The summed E-state index contributed by atoms with van der Waals surface area (Å²) in [6, 6.07) is 21.1. The molecule has 0 amide bonds. The van der Waals surface area contributed by atoms with E-state index in [-0.39, 0.29) is 10.6 Å². The van der Waals surface area contributed by atoms with E-state index >= 15 is 0 Å². The van der Waals surface area contributed by atoms with E-state index in [0.717, 1.165) is 16.7 Å². The number of benzene rings is 3. The number of sulfonamides is 1. The molecule has 3 aromatic rings. The molecule has 0 aromatic heterocycles. The van der Waals surface area contributed by atoms with Gasteiger partial charge in [0, 0.05) is 5.02 Å². The van der Waals surface area contributed by atoms with Crippen LogP contribution in [-0.2, 0) is 10.0 Å². The number of halogens is 1. The third kappa shape index (κ3) is 4.33. The van der Waals surface area contributed by atoms with E-state index in [1.165, 1.54) is 13.2 Å². The van der Waals surface area contributed by atoms with Gasteiger partial charge in [0.25, 0.3) is 0 Å². The molecule has 0 fully saturated rings. The zero-order valence-electron chi connectivity index (χ0n) is 15.0. The fourth-order valence-electron chi connectivity index (χ4n) is 2.95. The van der Waals surface area contributed by atoms with E-state index in [1.807, 2.05) is 61.5 Å². The van der Waals surface area contributed by atoms with E-state index < -0.39 is 16.1 Å². The SMILES string of the molecule is COc1ccc(Cl)cc1S(=O)(=O)NC(c1ccccc1)c1ccccc1C. The van der Waals surface area contributed by atoms with E-state index in [2.05, 4.69) is 4.72 Å². The average Bonchev–Trinajstić information content (AvgIpc) is 2.67. The number of rotatable bonds is 6. The van der Waals surface area contributed by atoms with Gasteiger partial charge in [0.1, 0.15) is 10.6 Å². The van der Waals surface area contributed by atoms with Gasteiger partial charge < -0.3 is 4.74 Å². The predicted molar refractivity (Wildman–Crippen MR) is 108 cm³/mol. The lowest BCUT2D eigenvalue weighted by Gasteiger charge is -2.22. The molecule has 0 bridgehead atoms. The van der Waals surface area contributed by atoms with Crippen molar-refractivity contribution in [3.05, 3.63) is 94.5 Å². The molecule has 6 heteroatoms. The lowest BCUT2D eigenvalue weighted by atomic mass is 9.96. The molecule has 0 aliphatic rings. The van der Waals surface area contributed by atoms with Gasteiger partial charge in [-0.15, -0.1) is 0 Å². The minimum absolute atomic E-state index is 0.00650. The summed E-state index contributed by atoms with van der Waals surface area (Å²) in [7, 11) is -2.47. The molecule has 0 saturated carbocycles. The van der Waals surface area contributed by atoms with Crippen LogP contribution in [0.25, 0.3) is 0 Å². The molecule has 1 unspecified atom stereocenters. The Morgan fingerprint density at radius 1 is 0.963 bits per heavy atom. The second-order valence-electron chi connectivity index (χ2n) is 6.12. The maximum absolute atomic E-state index is 13.2. The van der Waals surface area contributed by atoms with Crippen LogP contribution in [0.3, 0.4) is 0 Å². The number of aryl methyl sites for hydroxylation is 1. The fourth-order valence-corrected chi connectivity index (χ4v) is 4.58. The molecular weight excluding hydrogens is 382 g/mol. The molecule has 0 spiro atoms. The van der Waals surface area contributed by atoms with Crippen molar-refractivity contribution in [3.63, 3.8) is 0 Å². The number of ether oxygens (including phenoxy) is 1. The molecule has 0 aliphatic carbocycles. The van der Waals surface area contributed by atoms with Crippen LogP contribution < -0.4 is 9.46 Å². The van der Waals surface area contributed by atoms with Crippen molar-refractivity contribution < 1.29 is 13.2 Å². The molecule has 140 valence electrons. The summed E-state index contributed by atoms with van der Waals surface area (Å²) in [6.45, 7) is 1.96. The molecule has 0 radical (unpaired) electrons. The Morgan fingerprint density at radius 2 is 1.63 bits per heavy atom. The summed E-state index contributed by atoms with van der Waals surface area (Å²) >= 11 is 6.03. The highest BCUT2D eigenvalue weighted by molar-refractivity contribution is 7.89. The summed E-state index contributed by atoms with van der Waals surface area (Å²) in [6.07, 6.45) is 0. The van der Waals surface area contributed by atoms with Crippen LogP contribution in [0.1, 0.15) is 22.7 Å². The second-order valence-corrected chi connectivity index (χ2v) is 8.24. The van der Waals surface area contributed by atoms with Crippen LogP contribution >= 0.6 is 11.6 Å². The van der Waals surface area contributed by atoms with Crippen molar-refractivity contribution in [1.29, 1.82) is 0 Å². The summed E-state index contributed by atoms with van der Waals surface area (Å²) in [4.78, 5) is 0.00650. The number of nitrogens with one attached hydrogen (secondary N) is 1. The van der Waals surface area contributed by atoms with Gasteiger partial charge in [0.2, 0.25) is 10.0 Å². The third-order valence-corrected chi connectivity index (χ3v) is 6.00. The predicted octanol–water partition coefficient (Wildman–Crippen LogP) is 4.72. The number of methoxy groups -OCH3 is 1. The molecule has 1 N–H and O–H groups in total. The first-order valence-electron chi connectivity index (χ1n) is 8.39. The molecule has 0 saturated heterocycles. The minimum atomic E-state index is -3.90. The van der Waals surface area contributed by atoms with Gasteiger partial charge in [-0.1, -0.05) is 66.2 Å². The van der Waals surface area contributed by atoms with Crippen molar-refractivity contribution in [2.24, 2.45) is 0 Å². The Labute approximate surface area is 164 Å². The van der Waals surface area contributed by atoms with E-state index in [0.29, 0.717) is 5.02 Å². The van der Waals surface area contributed by atoms with Crippen LogP contribution in [0, 0.1) is 6.92 Å². The first kappa shape index (κ1) is 19.4. The van der Waals surface area contributed by atoms with Crippen molar-refractivity contribution >= 4 is 21.6 Å². The van der Waals surface area contributed by atoms with Gasteiger partial charge in [-0.2, -0.15) is 4.72 Å². The molecule has 0 aliphatic heterocycles. The number of hydrogen-bond acceptors (Lipinski definition) is 3. The van der Waals surface area contributed by atoms with Crippen LogP contribution in [0.15, 0.2) is 77.7 Å². The van der Waals surface area contributed by atoms with Crippen LogP contribution in [0.4, 0.5) is 0 Å². The lowest BCUT2D eigenvalue weighted by molar-refractivity contribution is 0.402. The maximum atomic E-state index is 13.2. The summed E-state index contributed by atoms with van der Waals surface area (Å²) in [5.74, 6) is 0.239. The molecule has 0 heterocycles. The zero-order valence-corrected chi connectivity index (χ0v) is 16.6. The first-order chi connectivity index (χ1) is 12.9. The van der Waals surface area contributed by atoms with E-state index in [1.54, 1.807) is 12.1 Å². The summed E-state index contributed by atoms with van der Waals surface area (Å²) in [5, 5.41) is 0.323. The van der Waals surface area contributed by atoms with Crippen molar-refractivity contribution in [2.75, 3.05) is 7.11 Å². The van der Waals surface area contributed by atoms with Gasteiger partial charge in [-0.25, -0.2) is 8.42 Å². The van der Waals surface area contributed by atoms with Crippen LogP contribution in [0.5, 0.6) is 5.75 Å². The molecular formula is C21H20ClNO3S. The Kier molecular flexibility index (Phi) is 5.85. The van der Waals surface area contributed by atoms with Crippen LogP contribution in [-0.4, -0.2) is 15.5 Å². The summed E-state index contributed by atoms with van der Waals surface area (Å²) in [5.41, 5.74) is 2.72. The maximum Gasteiger partial charge on any atom is 0.245 e. The lowest BCUT2D eigenvalue weighted by Crippen LogP contribution is -2.30. The van der Waals surface area contributed by atoms with Gasteiger partial charge in [0.05, 0.1) is 13.2 Å². The Bertz CT molecular complexity index is 1040. The second kappa shape index (κ2) is 8.13. The minimum Gasteiger partial charge on any atom is -0.495 e. The van der Waals surface area contributed by atoms with Gasteiger partial charge in [-0.05, 0) is 41.8 Å². The highest BCUT2D eigenvalue weighted by atomic mass is 35.5. The Morgan fingerprint density at radius 3 is 2.30 bits per heavy atom. The summed E-state index contributed by atoms with van der Waals surface area (Å²) < 4.78 is 34.4. The third-order valence-electron chi connectivity index (χ3n) is 4.32. The van der Waals surface area contributed by atoms with Gasteiger partial charge >= 0.3 is 0 Å². The Hall–Kier alpha value is -2.34. The highest BCUT2D eigenvalue weighted by Crippen LogP contribution is 2.31. The normalized spacial score (nSPS) is 12.6. The highest BCUT2D eigenvalue weighted by Gasteiger charge is 2.26. The topological polar surface area (TPSA) is 55.4 Å². The van der Waals surface area contributed by atoms with Crippen molar-refractivity contribution in [3.8, 4) is 5.75 Å². The fraction of sp³-hybridized carbons (Fsp3) is 0.143. The van der Waals surface area contributed by atoms with Crippen LogP contribution in [0.2, 0.25) is 5.02 Å². The van der Waals surface area contributed by atoms with Gasteiger partial charge in [-0.3, -0.25) is 0 Å². The molecule has 4 nitrogen and oxygen atoms in total. The molecule has 3 rings (SSSR count). The Balaban J connectivity index is 2.10. The first-order valence-corrected chi connectivity index (χ1v) is 10.2. The van der Waals surface area contributed by atoms with Crippen molar-refractivity contribution in [1.82, 2.24) is 4.72 Å². The zero-order chi connectivity index (χ0) is 19.4. The average molecular weight is 402 g/mol. The molecule has 3 aromatic carbocycles. The number of hydrogen-bond donors (Lipinski definition) is 1. The molecule has 27 heavy (non-hydrogen) atoms. The monoisotopic (exact) mass is 401 g/mol. The quantitative estimate of drug-likeness (QED) is 0.649. The van der Waals surface area contributed by atoms with E-state index in [4.69, 9.17) is 16.3 Å². The standard InChI is InChI=1S/C21H20ClNO3S/c1-15-8-6-7-11-18(15)21(16-9-4-3-5-10-16)23-27(24,25)20-14-17(22)12-13-19(20)26-2/h3-14,21,23H,1-2H3. The van der Waals surface area contributed by atoms with Crippen molar-refractivity contribution in [2.45, 2.75) is 17.9 Å². The molecule has 1 atom stereocenters. The largest absolute Gasteiger partial charge is 0.495 e. The smallest absolute Gasteiger partial charge is 0.245 e.